The molecule has 170 valence electrons. The summed E-state index contributed by atoms with van der Waals surface area (Å²) in [6, 6.07) is 29.5. The second-order valence-electron chi connectivity index (χ2n) is 8.21. The predicted octanol–water partition coefficient (Wildman–Crippen LogP) is 7.29. The Balaban J connectivity index is 1.49. The summed E-state index contributed by atoms with van der Waals surface area (Å²) in [5.74, 6) is -0.435. The summed E-state index contributed by atoms with van der Waals surface area (Å²) in [5.41, 5.74) is 3.91. The lowest BCUT2D eigenvalue weighted by atomic mass is 9.98. The van der Waals surface area contributed by atoms with E-state index in [1.807, 2.05) is 48.5 Å². The third-order valence-electron chi connectivity index (χ3n) is 6.01. The van der Waals surface area contributed by atoms with E-state index in [2.05, 4.69) is 4.98 Å². The number of furan rings is 1. The zero-order valence-electron chi connectivity index (χ0n) is 18.4. The molecule has 0 amide bonds. The largest absolute Gasteiger partial charge is 0.455 e. The van der Waals surface area contributed by atoms with Crippen LogP contribution in [0.15, 0.2) is 124 Å². The van der Waals surface area contributed by atoms with E-state index in [0.29, 0.717) is 22.3 Å². The molecule has 0 aliphatic rings. The second kappa shape index (κ2) is 8.18. The summed E-state index contributed by atoms with van der Waals surface area (Å²) in [5, 5.41) is 1.85. The Labute approximate surface area is 201 Å². The minimum absolute atomic E-state index is 0.0913. The average molecular weight is 480 g/mol. The topological polar surface area (TPSA) is 60.2 Å². The van der Waals surface area contributed by atoms with Gasteiger partial charge in [0.2, 0.25) is 9.84 Å². The van der Waals surface area contributed by atoms with Crippen LogP contribution in [0, 0.1) is 5.82 Å². The Bertz CT molecular complexity index is 1830. The monoisotopic (exact) mass is 479 g/mol. The summed E-state index contributed by atoms with van der Waals surface area (Å²) in [7, 11) is -3.81. The number of aromatic nitrogens is 1. The van der Waals surface area contributed by atoms with Crippen molar-refractivity contribution in [2.45, 2.75) is 9.92 Å². The van der Waals surface area contributed by atoms with Crippen molar-refractivity contribution in [1.82, 2.24) is 4.98 Å². The lowest BCUT2D eigenvalue weighted by Gasteiger charge is -2.09. The van der Waals surface area contributed by atoms with E-state index in [0.717, 1.165) is 21.9 Å². The van der Waals surface area contributed by atoms with Crippen LogP contribution in [-0.2, 0) is 9.84 Å². The van der Waals surface area contributed by atoms with Crippen molar-refractivity contribution >= 4 is 31.8 Å². The van der Waals surface area contributed by atoms with Crippen LogP contribution in [0.1, 0.15) is 0 Å². The number of nitrogens with zero attached hydrogens (tertiary/aromatic N) is 1. The molecular formula is C29H18FNO3S. The number of hydrogen-bond acceptors (Lipinski definition) is 4. The summed E-state index contributed by atoms with van der Waals surface area (Å²) in [6.07, 6.45) is 1.43. The quantitative estimate of drug-likeness (QED) is 0.266. The van der Waals surface area contributed by atoms with Crippen molar-refractivity contribution in [3.05, 3.63) is 115 Å². The van der Waals surface area contributed by atoms with Gasteiger partial charge >= 0.3 is 0 Å². The molecule has 6 aromatic rings. The fourth-order valence-electron chi connectivity index (χ4n) is 4.34. The fourth-order valence-corrected chi connectivity index (χ4v) is 5.58. The highest BCUT2D eigenvalue weighted by atomic mass is 32.2. The van der Waals surface area contributed by atoms with E-state index >= 15 is 0 Å². The van der Waals surface area contributed by atoms with E-state index in [4.69, 9.17) is 4.42 Å². The highest BCUT2D eigenvalue weighted by Gasteiger charge is 2.20. The number of rotatable bonds is 4. The van der Waals surface area contributed by atoms with Gasteiger partial charge in [-0.15, -0.1) is 0 Å². The Morgan fingerprint density at radius 3 is 2.29 bits per heavy atom. The summed E-state index contributed by atoms with van der Waals surface area (Å²) in [4.78, 5) is 4.24. The molecule has 0 saturated carbocycles. The third-order valence-corrected chi connectivity index (χ3v) is 7.68. The fraction of sp³-hybridized carbons (Fsp3) is 0. The number of para-hydroxylation sites is 2. The molecule has 4 aromatic carbocycles. The van der Waals surface area contributed by atoms with Crippen LogP contribution in [0.2, 0.25) is 0 Å². The van der Waals surface area contributed by atoms with E-state index < -0.39 is 15.7 Å². The normalized spacial score (nSPS) is 11.8. The van der Waals surface area contributed by atoms with Crippen molar-refractivity contribution < 1.29 is 17.2 Å². The van der Waals surface area contributed by atoms with Crippen LogP contribution in [0.5, 0.6) is 0 Å². The van der Waals surface area contributed by atoms with Crippen LogP contribution in [-0.4, -0.2) is 13.4 Å². The molecule has 4 nitrogen and oxygen atoms in total. The Morgan fingerprint density at radius 1 is 0.686 bits per heavy atom. The van der Waals surface area contributed by atoms with Gasteiger partial charge in [0.05, 0.1) is 4.90 Å². The van der Waals surface area contributed by atoms with Gasteiger partial charge in [0.25, 0.3) is 0 Å². The van der Waals surface area contributed by atoms with Crippen molar-refractivity contribution in [2.75, 3.05) is 0 Å². The number of sulfone groups is 1. The van der Waals surface area contributed by atoms with E-state index in [1.54, 1.807) is 24.3 Å². The SMILES string of the molecule is O=S(=O)(c1ccccc1)c1cc(-c2cc(F)cc(-c3cccc4c3oc3ccccc34)c2)ccn1. The van der Waals surface area contributed by atoms with Gasteiger partial charge in [0.15, 0.2) is 5.03 Å². The second-order valence-corrected chi connectivity index (χ2v) is 10.1. The molecule has 0 bridgehead atoms. The molecule has 0 radical (unpaired) electrons. The first-order chi connectivity index (χ1) is 17.0. The maximum atomic E-state index is 14.8. The third kappa shape index (κ3) is 3.68. The standard InChI is InChI=1S/C29H18FNO3S/c30-22-16-20(19-13-14-31-28(18-19)35(32,33)23-7-2-1-3-8-23)15-21(17-22)24-10-6-11-26-25-9-4-5-12-27(25)34-29(24)26/h1-18H. The molecule has 0 unspecified atom stereocenters. The van der Waals surface area contributed by atoms with Gasteiger partial charge in [-0.25, -0.2) is 17.8 Å². The van der Waals surface area contributed by atoms with Crippen molar-refractivity contribution in [3.63, 3.8) is 0 Å². The van der Waals surface area contributed by atoms with Gasteiger partial charge in [0.1, 0.15) is 17.0 Å². The number of benzene rings is 4. The Morgan fingerprint density at radius 2 is 1.43 bits per heavy atom. The first kappa shape index (κ1) is 21.3. The number of hydrogen-bond donors (Lipinski definition) is 0. The van der Waals surface area contributed by atoms with Gasteiger partial charge in [-0.05, 0) is 65.2 Å². The molecule has 0 spiro atoms. The van der Waals surface area contributed by atoms with Gasteiger partial charge in [-0.1, -0.05) is 54.6 Å². The Kier molecular flexibility index (Phi) is 4.97. The molecule has 0 fully saturated rings. The van der Waals surface area contributed by atoms with Crippen LogP contribution in [0.3, 0.4) is 0 Å². The molecule has 0 saturated heterocycles. The lowest BCUT2D eigenvalue weighted by molar-refractivity contribution is 0.592. The average Bonchev–Trinajstić information content (AvgIpc) is 3.28. The minimum Gasteiger partial charge on any atom is -0.455 e. The first-order valence-corrected chi connectivity index (χ1v) is 12.5. The van der Waals surface area contributed by atoms with Gasteiger partial charge in [-0.2, -0.15) is 0 Å². The molecule has 0 atom stereocenters. The van der Waals surface area contributed by atoms with Crippen molar-refractivity contribution in [1.29, 1.82) is 0 Å². The number of fused-ring (bicyclic) bond motifs is 3. The zero-order valence-corrected chi connectivity index (χ0v) is 19.2. The minimum atomic E-state index is -3.81. The van der Waals surface area contributed by atoms with Crippen LogP contribution in [0.25, 0.3) is 44.2 Å². The smallest absolute Gasteiger partial charge is 0.223 e. The van der Waals surface area contributed by atoms with Gasteiger partial charge < -0.3 is 4.42 Å². The molecule has 0 aliphatic heterocycles. The van der Waals surface area contributed by atoms with Crippen LogP contribution >= 0.6 is 0 Å². The molecule has 2 heterocycles. The Hall–Kier alpha value is -4.29. The lowest BCUT2D eigenvalue weighted by Crippen LogP contribution is -2.04. The van der Waals surface area contributed by atoms with Crippen molar-refractivity contribution in [2.24, 2.45) is 0 Å². The maximum Gasteiger partial charge on any atom is 0.223 e. The van der Waals surface area contributed by atoms with Gasteiger partial charge in [0, 0.05) is 22.5 Å². The maximum absolute atomic E-state index is 14.8. The highest BCUT2D eigenvalue weighted by molar-refractivity contribution is 7.91. The van der Waals surface area contributed by atoms with E-state index in [-0.39, 0.29) is 9.92 Å². The summed E-state index contributed by atoms with van der Waals surface area (Å²) in [6.45, 7) is 0. The predicted molar refractivity (Wildman–Crippen MR) is 134 cm³/mol. The zero-order chi connectivity index (χ0) is 24.0. The first-order valence-electron chi connectivity index (χ1n) is 11.0. The number of halogens is 1. The molecule has 35 heavy (non-hydrogen) atoms. The molecule has 2 aromatic heterocycles. The molecular weight excluding hydrogens is 461 g/mol. The van der Waals surface area contributed by atoms with Crippen molar-refractivity contribution in [3.8, 4) is 22.3 Å². The highest BCUT2D eigenvalue weighted by Crippen LogP contribution is 2.37. The molecule has 6 rings (SSSR count). The molecule has 6 heteroatoms. The summed E-state index contributed by atoms with van der Waals surface area (Å²) >= 11 is 0. The molecule has 0 aliphatic carbocycles. The van der Waals surface area contributed by atoms with E-state index in [9.17, 15) is 12.8 Å². The number of pyridine rings is 1. The van der Waals surface area contributed by atoms with E-state index in [1.165, 1.54) is 36.5 Å². The summed E-state index contributed by atoms with van der Waals surface area (Å²) < 4.78 is 47.1. The molecule has 0 N–H and O–H groups in total. The van der Waals surface area contributed by atoms with Gasteiger partial charge in [-0.3, -0.25) is 0 Å². The van der Waals surface area contributed by atoms with Crippen LogP contribution < -0.4 is 0 Å². The van der Waals surface area contributed by atoms with Crippen LogP contribution in [0.4, 0.5) is 4.39 Å².